The van der Waals surface area contributed by atoms with E-state index in [1.165, 1.54) is 16.7 Å². The summed E-state index contributed by atoms with van der Waals surface area (Å²) in [6.45, 7) is 1.87. The second-order valence-corrected chi connectivity index (χ2v) is 7.56. The van der Waals surface area contributed by atoms with Gasteiger partial charge in [0.15, 0.2) is 17.3 Å². The Morgan fingerprint density at radius 2 is 1.97 bits per heavy atom. The summed E-state index contributed by atoms with van der Waals surface area (Å²) >= 11 is 5.93. The van der Waals surface area contributed by atoms with Crippen LogP contribution in [-0.4, -0.2) is 30.2 Å². The van der Waals surface area contributed by atoms with Crippen molar-refractivity contribution in [2.24, 2.45) is 4.99 Å². The van der Waals surface area contributed by atoms with Crippen LogP contribution < -0.4 is 21.7 Å². The molecule has 2 aromatic heterocycles. The summed E-state index contributed by atoms with van der Waals surface area (Å²) in [5.41, 5.74) is -0.952. The van der Waals surface area contributed by atoms with Crippen molar-refractivity contribution in [1.29, 1.82) is 0 Å². The molecule has 11 nitrogen and oxygen atoms in total. The lowest BCUT2D eigenvalue weighted by atomic mass is 10.2. The zero-order valence-electron chi connectivity index (χ0n) is 18.1. The third-order valence-electron chi connectivity index (χ3n) is 4.80. The van der Waals surface area contributed by atoms with Crippen LogP contribution in [0.15, 0.2) is 67.7 Å². The van der Waals surface area contributed by atoms with Crippen molar-refractivity contribution in [3.05, 3.63) is 97.4 Å². The summed E-state index contributed by atoms with van der Waals surface area (Å²) in [7, 11) is 0. The van der Waals surface area contributed by atoms with Crippen LogP contribution in [0.1, 0.15) is 23.0 Å². The lowest BCUT2D eigenvalue weighted by molar-refractivity contribution is 0.0690. The number of nitrogens with one attached hydrogen (secondary N) is 1. The Kier molecular flexibility index (Phi) is 6.64. The summed E-state index contributed by atoms with van der Waals surface area (Å²) in [4.78, 5) is 46.5. The number of rotatable bonds is 7. The van der Waals surface area contributed by atoms with Gasteiger partial charge in [-0.2, -0.15) is 4.98 Å². The summed E-state index contributed by atoms with van der Waals surface area (Å²) in [6.07, 6.45) is 0.396. The number of carboxylic acid groups (broad SMARTS) is 1. The van der Waals surface area contributed by atoms with Crippen molar-refractivity contribution in [2.75, 3.05) is 0 Å². The van der Waals surface area contributed by atoms with E-state index in [0.29, 0.717) is 5.02 Å². The molecule has 0 atom stereocenters. The standard InChI is InChI=1S/C22H17ClFN5O6/c1-2-28-20(32)27-19(29(22(28)33)10-12-3-5-13(23)6-4-12)25-14-7-8-17(15(24)9-14)35-21-26-16(11-34-21)18(30)31/h3-9,11H,2,10H2,1H3,(H,30,31)(H,25,27,32). The SMILES string of the molecule is CCn1c(=O)[nH]/c(=N\c2ccc(Oc3nc(C(=O)O)co3)c(F)c2)n(Cc2ccc(Cl)cc2)c1=O. The lowest BCUT2D eigenvalue weighted by Crippen LogP contribution is -2.49. The molecule has 0 saturated heterocycles. The molecule has 4 aromatic rings. The minimum absolute atomic E-state index is 0.0719. The number of H-pyrrole nitrogens is 1. The maximum Gasteiger partial charge on any atom is 0.400 e. The predicted octanol–water partition coefficient (Wildman–Crippen LogP) is 2.91. The van der Waals surface area contributed by atoms with Gasteiger partial charge >= 0.3 is 23.4 Å². The average molecular weight is 502 g/mol. The van der Waals surface area contributed by atoms with Crippen LogP contribution in [0, 0.1) is 5.82 Å². The molecule has 4 rings (SSSR count). The fourth-order valence-electron chi connectivity index (χ4n) is 3.10. The first-order chi connectivity index (χ1) is 16.7. The molecule has 0 bridgehead atoms. The predicted molar refractivity (Wildman–Crippen MR) is 121 cm³/mol. The number of oxazole rings is 1. The summed E-state index contributed by atoms with van der Waals surface area (Å²) in [5, 5.41) is 9.40. The van der Waals surface area contributed by atoms with Gasteiger partial charge in [-0.3, -0.25) is 9.55 Å². The average Bonchev–Trinajstić information content (AvgIpc) is 3.29. The Bertz CT molecular complexity index is 1590. The Hall–Kier alpha value is -4.45. The van der Waals surface area contributed by atoms with E-state index in [0.717, 1.165) is 22.5 Å². The minimum atomic E-state index is -1.33. The highest BCUT2D eigenvalue weighted by molar-refractivity contribution is 6.30. The number of carboxylic acids is 1. The number of ether oxygens (including phenoxy) is 1. The van der Waals surface area contributed by atoms with E-state index in [1.54, 1.807) is 31.2 Å². The van der Waals surface area contributed by atoms with E-state index in [2.05, 4.69) is 15.0 Å². The van der Waals surface area contributed by atoms with Crippen molar-refractivity contribution < 1.29 is 23.4 Å². The molecule has 0 radical (unpaired) electrons. The molecule has 35 heavy (non-hydrogen) atoms. The maximum atomic E-state index is 14.6. The quantitative estimate of drug-likeness (QED) is 0.396. The molecule has 0 aliphatic rings. The molecule has 180 valence electrons. The smallest absolute Gasteiger partial charge is 0.400 e. The number of benzene rings is 2. The van der Waals surface area contributed by atoms with Crippen LogP contribution in [0.4, 0.5) is 10.1 Å². The number of hydrogen-bond acceptors (Lipinski definition) is 7. The van der Waals surface area contributed by atoms with Crippen molar-refractivity contribution in [3.8, 4) is 11.8 Å². The fourth-order valence-corrected chi connectivity index (χ4v) is 3.22. The van der Waals surface area contributed by atoms with E-state index in [-0.39, 0.29) is 30.1 Å². The van der Waals surface area contributed by atoms with Crippen molar-refractivity contribution in [2.45, 2.75) is 20.0 Å². The van der Waals surface area contributed by atoms with Gasteiger partial charge < -0.3 is 14.3 Å². The molecule has 0 amide bonds. The van der Waals surface area contributed by atoms with Crippen molar-refractivity contribution >= 4 is 23.3 Å². The molecule has 0 spiro atoms. The zero-order chi connectivity index (χ0) is 25.1. The number of aromatic carboxylic acids is 1. The number of nitrogens with zero attached hydrogens (tertiary/aromatic N) is 4. The fraction of sp³-hybridized carbons (Fsp3) is 0.136. The van der Waals surface area contributed by atoms with E-state index < -0.39 is 34.9 Å². The number of aromatic amines is 1. The van der Waals surface area contributed by atoms with Gasteiger partial charge in [0, 0.05) is 17.6 Å². The van der Waals surface area contributed by atoms with Crippen LogP contribution in [0.25, 0.3) is 0 Å². The molecule has 0 aliphatic heterocycles. The molecule has 2 aromatic carbocycles. The first-order valence-electron chi connectivity index (χ1n) is 10.1. The second kappa shape index (κ2) is 9.81. The van der Waals surface area contributed by atoms with E-state index in [4.69, 9.17) is 25.9 Å². The molecule has 2 heterocycles. The highest BCUT2D eigenvalue weighted by Gasteiger charge is 2.15. The first kappa shape index (κ1) is 23.7. The second-order valence-electron chi connectivity index (χ2n) is 7.13. The largest absolute Gasteiger partial charge is 0.476 e. The molecule has 0 saturated carbocycles. The highest BCUT2D eigenvalue weighted by atomic mass is 35.5. The van der Waals surface area contributed by atoms with Crippen LogP contribution >= 0.6 is 11.6 Å². The third kappa shape index (κ3) is 5.22. The van der Waals surface area contributed by atoms with Gasteiger partial charge in [-0.25, -0.2) is 28.3 Å². The zero-order valence-corrected chi connectivity index (χ0v) is 18.8. The molecule has 0 unspecified atom stereocenters. The molecule has 2 N–H and O–H groups in total. The summed E-state index contributed by atoms with van der Waals surface area (Å²) in [6, 6.07) is 10.4. The van der Waals surface area contributed by atoms with Crippen molar-refractivity contribution in [1.82, 2.24) is 19.1 Å². The Morgan fingerprint density at radius 1 is 1.23 bits per heavy atom. The van der Waals surface area contributed by atoms with Gasteiger partial charge in [-0.05, 0) is 36.8 Å². The van der Waals surface area contributed by atoms with Gasteiger partial charge in [0.05, 0.1) is 12.2 Å². The number of aromatic nitrogens is 4. The normalized spacial score (nSPS) is 11.6. The molecule has 0 aliphatic carbocycles. The minimum Gasteiger partial charge on any atom is -0.476 e. The van der Waals surface area contributed by atoms with Crippen LogP contribution in [0.2, 0.25) is 5.02 Å². The topological polar surface area (TPSA) is 145 Å². The number of halogens is 2. The van der Waals surface area contributed by atoms with E-state index in [1.807, 2.05) is 0 Å². The Labute approximate surface area is 200 Å². The highest BCUT2D eigenvalue weighted by Crippen LogP contribution is 2.27. The van der Waals surface area contributed by atoms with Gasteiger partial charge in [-0.1, -0.05) is 23.7 Å². The van der Waals surface area contributed by atoms with E-state index in [9.17, 15) is 18.8 Å². The van der Waals surface area contributed by atoms with Crippen LogP contribution in [-0.2, 0) is 13.1 Å². The van der Waals surface area contributed by atoms with Gasteiger partial charge in [-0.15, -0.1) is 0 Å². The lowest BCUT2D eigenvalue weighted by Gasteiger charge is -2.10. The maximum absolute atomic E-state index is 14.6. The van der Waals surface area contributed by atoms with Gasteiger partial charge in [0.25, 0.3) is 0 Å². The molecular formula is C22H17ClFN5O6. The molecule has 13 heteroatoms. The molecular weight excluding hydrogens is 485 g/mol. The Balaban J connectivity index is 1.73. The van der Waals surface area contributed by atoms with Gasteiger partial charge in [0.2, 0.25) is 5.62 Å². The monoisotopic (exact) mass is 501 g/mol. The van der Waals surface area contributed by atoms with Crippen LogP contribution in [0.3, 0.4) is 0 Å². The summed E-state index contributed by atoms with van der Waals surface area (Å²) in [5.74, 6) is -2.49. The van der Waals surface area contributed by atoms with Gasteiger partial charge in [0.1, 0.15) is 6.26 Å². The van der Waals surface area contributed by atoms with Crippen molar-refractivity contribution in [3.63, 3.8) is 0 Å². The van der Waals surface area contributed by atoms with Crippen LogP contribution in [0.5, 0.6) is 11.8 Å². The summed E-state index contributed by atoms with van der Waals surface area (Å²) < 4.78 is 26.9. The Morgan fingerprint density at radius 3 is 2.60 bits per heavy atom. The number of hydrogen-bond donors (Lipinski definition) is 2. The van der Waals surface area contributed by atoms with E-state index >= 15 is 0 Å². The number of carbonyl (C=O) groups is 1. The first-order valence-corrected chi connectivity index (χ1v) is 10.5. The third-order valence-corrected chi connectivity index (χ3v) is 5.05. The molecule has 0 fully saturated rings.